The van der Waals surface area contributed by atoms with E-state index in [1.54, 1.807) is 56.0 Å². The molecular weight excluding hydrogens is 632 g/mol. The minimum absolute atomic E-state index is 0.0436. The lowest BCUT2D eigenvalue weighted by molar-refractivity contribution is -0.445. The number of hydrogen-bond acceptors (Lipinski definition) is 6. The Morgan fingerprint density at radius 2 is 1.34 bits per heavy atom. The zero-order valence-electron chi connectivity index (χ0n) is 27.7. The van der Waals surface area contributed by atoms with Crippen LogP contribution in [0.5, 0.6) is 0 Å². The third-order valence-electron chi connectivity index (χ3n) is 9.71. The van der Waals surface area contributed by atoms with Crippen molar-refractivity contribution in [3.8, 4) is 0 Å². The molecule has 1 N–H and O–H groups in total. The molecule has 50 heavy (non-hydrogen) atoms. The summed E-state index contributed by atoms with van der Waals surface area (Å²) in [5, 5.41) is 2.93. The highest BCUT2D eigenvalue weighted by atomic mass is 16.2. The van der Waals surface area contributed by atoms with E-state index in [1.165, 1.54) is 0 Å². The molecule has 4 aliphatic heterocycles. The van der Waals surface area contributed by atoms with E-state index >= 15 is 0 Å². The molecule has 2 atom stereocenters. The van der Waals surface area contributed by atoms with Gasteiger partial charge in [-0.3, -0.25) is 28.9 Å². The van der Waals surface area contributed by atoms with Gasteiger partial charge in [0, 0.05) is 24.3 Å². The number of ketones is 1. The first-order valence-corrected chi connectivity index (χ1v) is 17.2. The number of likely N-dealkylation sites (tertiary alicyclic amines) is 2. The number of Topliss-reactive ketones (excluding diaryl/α,β-unsaturated/α-hetero) is 1. The second kappa shape index (κ2) is 14.4. The van der Waals surface area contributed by atoms with E-state index in [1.807, 2.05) is 60.7 Å². The fraction of sp³-hybridized carbons (Fsp3) is 0.308. The van der Waals surface area contributed by atoms with Crippen LogP contribution in [0.3, 0.4) is 0 Å². The average molecular weight is 672 g/mol. The third-order valence-corrected chi connectivity index (χ3v) is 9.71. The molecule has 0 saturated carbocycles. The first kappa shape index (κ1) is 32.8. The Labute approximate surface area is 290 Å². The molecule has 0 unspecified atom stereocenters. The summed E-state index contributed by atoms with van der Waals surface area (Å²) < 4.78 is 1.75. The molecular formula is C39H39N6O5+. The number of nitrogens with zero attached hydrogens (tertiary/aromatic N) is 5. The Morgan fingerprint density at radius 1 is 0.760 bits per heavy atom. The predicted octanol–water partition coefficient (Wildman–Crippen LogP) is 3.19. The molecule has 4 heterocycles. The number of carbonyl (C=O) groups is 5. The van der Waals surface area contributed by atoms with Gasteiger partial charge in [-0.15, -0.1) is 0 Å². The Balaban J connectivity index is 0.961. The Kier molecular flexibility index (Phi) is 9.46. The molecule has 11 heteroatoms. The number of carbonyl (C=O) groups excluding carboxylic acids is 5. The molecule has 254 valence electrons. The smallest absolute Gasteiger partial charge is 0.279 e. The van der Waals surface area contributed by atoms with Crippen LogP contribution in [-0.2, 0) is 36.8 Å². The molecule has 3 aromatic carbocycles. The highest BCUT2D eigenvalue weighted by Gasteiger charge is 2.39. The van der Waals surface area contributed by atoms with Gasteiger partial charge in [0.2, 0.25) is 42.1 Å². The number of fused-ring (bicyclic) bond motifs is 1. The van der Waals surface area contributed by atoms with Crippen molar-refractivity contribution in [2.75, 3.05) is 31.5 Å². The molecule has 3 aromatic rings. The molecule has 0 aliphatic carbocycles. The molecule has 11 nitrogen and oxygen atoms in total. The zero-order valence-corrected chi connectivity index (χ0v) is 27.7. The van der Waals surface area contributed by atoms with Crippen LogP contribution < -0.4 is 5.32 Å². The van der Waals surface area contributed by atoms with Crippen LogP contribution in [0.1, 0.15) is 42.4 Å². The molecule has 2 saturated heterocycles. The summed E-state index contributed by atoms with van der Waals surface area (Å²) in [4.78, 5) is 75.5. The average Bonchev–Trinajstić information content (AvgIpc) is 3.89. The van der Waals surface area contributed by atoms with Gasteiger partial charge in [-0.1, -0.05) is 72.8 Å². The molecule has 4 aliphatic rings. The van der Waals surface area contributed by atoms with Crippen molar-refractivity contribution >= 4 is 47.0 Å². The maximum Gasteiger partial charge on any atom is 0.279 e. The summed E-state index contributed by atoms with van der Waals surface area (Å²) in [6.45, 7) is 1.47. The van der Waals surface area contributed by atoms with Crippen LogP contribution in [0.2, 0.25) is 0 Å². The first-order chi connectivity index (χ1) is 24.3. The minimum Gasteiger partial charge on any atom is -0.332 e. The van der Waals surface area contributed by atoms with Gasteiger partial charge in [-0.2, -0.15) is 4.58 Å². The van der Waals surface area contributed by atoms with E-state index in [0.717, 1.165) is 24.0 Å². The van der Waals surface area contributed by atoms with Gasteiger partial charge in [0.15, 0.2) is 6.21 Å². The molecule has 0 radical (unpaired) electrons. The normalized spacial score (nSPS) is 19.9. The number of nitrogens with one attached hydrogen (secondary N) is 1. The monoisotopic (exact) mass is 671 g/mol. The van der Waals surface area contributed by atoms with Gasteiger partial charge in [-0.05, 0) is 48.9 Å². The molecule has 0 bridgehead atoms. The van der Waals surface area contributed by atoms with Crippen molar-refractivity contribution in [1.82, 2.24) is 14.7 Å². The third kappa shape index (κ3) is 7.03. The fourth-order valence-corrected chi connectivity index (χ4v) is 7.12. The van der Waals surface area contributed by atoms with Gasteiger partial charge in [0.05, 0.1) is 18.9 Å². The van der Waals surface area contributed by atoms with Gasteiger partial charge >= 0.3 is 0 Å². The lowest BCUT2D eigenvalue weighted by Gasteiger charge is -2.24. The number of hydrogen-bond donors (Lipinski definition) is 1. The lowest BCUT2D eigenvalue weighted by Crippen LogP contribution is -2.44. The first-order valence-electron chi connectivity index (χ1n) is 17.2. The Hall–Kier alpha value is -5.71. The summed E-state index contributed by atoms with van der Waals surface area (Å²) in [7, 11) is 0. The van der Waals surface area contributed by atoms with Crippen molar-refractivity contribution in [1.29, 1.82) is 0 Å². The highest BCUT2D eigenvalue weighted by Crippen LogP contribution is 2.25. The van der Waals surface area contributed by atoms with Crippen LogP contribution in [-0.4, -0.2) is 98.9 Å². The van der Waals surface area contributed by atoms with Crippen molar-refractivity contribution in [2.24, 2.45) is 4.99 Å². The molecule has 7 rings (SSSR count). The van der Waals surface area contributed by atoms with E-state index in [0.29, 0.717) is 43.0 Å². The van der Waals surface area contributed by atoms with E-state index in [4.69, 9.17) is 0 Å². The van der Waals surface area contributed by atoms with Crippen LogP contribution in [0, 0.1) is 0 Å². The van der Waals surface area contributed by atoms with Crippen molar-refractivity contribution in [3.05, 3.63) is 114 Å². The topological polar surface area (TPSA) is 122 Å². The molecule has 0 aromatic heterocycles. The fourth-order valence-electron chi connectivity index (χ4n) is 7.12. The standard InChI is InChI=1S/C39H38N6O5/c46-33(31-13-7-19-43(31)35(47)23-27-9-3-1-4-10-27)25-42-21-22-45-34(26-42)41-37(39(45)50)29-15-17-30(18-16-29)40-38(49)32-14-8-20-44(32)36(48)24-28-11-5-2-6-12-28/h1-6,9-12,15-18,21,26,31-32H,7-8,13-14,19-20,22-25H2/p+1/t31-,32-/m0/s1. The van der Waals surface area contributed by atoms with Gasteiger partial charge < -0.3 is 15.1 Å². The van der Waals surface area contributed by atoms with Crippen LogP contribution in [0.4, 0.5) is 5.69 Å². The summed E-state index contributed by atoms with van der Waals surface area (Å²) in [6.07, 6.45) is 6.79. The number of aliphatic imine (C=N–C) groups is 1. The molecule has 4 amide bonds. The molecule has 2 fully saturated rings. The van der Waals surface area contributed by atoms with Gasteiger partial charge in [-0.25, -0.2) is 4.99 Å². The van der Waals surface area contributed by atoms with Crippen molar-refractivity contribution in [2.45, 2.75) is 50.6 Å². The van der Waals surface area contributed by atoms with Crippen LogP contribution >= 0.6 is 0 Å². The maximum absolute atomic E-state index is 13.4. The number of anilines is 1. The number of benzene rings is 3. The minimum atomic E-state index is -0.535. The van der Waals surface area contributed by atoms with Crippen molar-refractivity contribution in [3.63, 3.8) is 0 Å². The van der Waals surface area contributed by atoms with Crippen LogP contribution in [0.25, 0.3) is 0 Å². The second-order valence-corrected chi connectivity index (χ2v) is 13.1. The van der Waals surface area contributed by atoms with E-state index in [9.17, 15) is 24.0 Å². The van der Waals surface area contributed by atoms with Gasteiger partial charge in [0.1, 0.15) is 18.3 Å². The second-order valence-electron chi connectivity index (χ2n) is 13.1. The summed E-state index contributed by atoms with van der Waals surface area (Å²) in [6, 6.07) is 25.0. The summed E-state index contributed by atoms with van der Waals surface area (Å²) in [5.41, 5.74) is 3.28. The predicted molar refractivity (Wildman–Crippen MR) is 187 cm³/mol. The van der Waals surface area contributed by atoms with Crippen molar-refractivity contribution < 1.29 is 28.5 Å². The Morgan fingerprint density at radius 3 is 1.96 bits per heavy atom. The molecule has 0 spiro atoms. The lowest BCUT2D eigenvalue weighted by atomic mass is 10.1. The number of rotatable bonds is 10. The maximum atomic E-state index is 13.4. The van der Waals surface area contributed by atoms with E-state index in [2.05, 4.69) is 10.3 Å². The highest BCUT2D eigenvalue weighted by molar-refractivity contribution is 6.47. The Bertz CT molecular complexity index is 1900. The number of amides is 4. The quantitative estimate of drug-likeness (QED) is 0.332. The van der Waals surface area contributed by atoms with E-state index < -0.39 is 12.1 Å². The largest absolute Gasteiger partial charge is 0.332 e. The SMILES string of the molecule is O=C(C[N+]1=CCN2C(=O)C(c3ccc(NC(=O)[C@@H]4CCCN4C(=O)Cc4ccccc4)cc3)=NC2=C1)[C@@H]1CCCN1C(=O)Cc1ccccc1. The summed E-state index contributed by atoms with van der Waals surface area (Å²) >= 11 is 0. The summed E-state index contributed by atoms with van der Waals surface area (Å²) in [5.74, 6) is -0.195. The van der Waals surface area contributed by atoms with E-state index in [-0.39, 0.29) is 61.1 Å². The zero-order chi connectivity index (χ0) is 34.6. The van der Waals surface area contributed by atoms with Gasteiger partial charge in [0.25, 0.3) is 5.91 Å². The van der Waals surface area contributed by atoms with Crippen LogP contribution in [0.15, 0.2) is 102 Å².